The van der Waals surface area contributed by atoms with E-state index in [1.165, 1.54) is 0 Å². The first kappa shape index (κ1) is 8.21. The molecule has 0 saturated carbocycles. The normalized spacial score (nSPS) is 13.9. The molecule has 0 aromatic heterocycles. The number of alkyl halides is 1. The van der Waals surface area contributed by atoms with E-state index in [4.69, 9.17) is 21.1 Å². The van der Waals surface area contributed by atoms with Crippen molar-refractivity contribution in [2.75, 3.05) is 26.7 Å². The molecule has 0 amide bonds. The van der Waals surface area contributed by atoms with Gasteiger partial charge in [-0.25, -0.2) is 0 Å². The van der Waals surface area contributed by atoms with E-state index in [0.29, 0.717) is 12.5 Å². The van der Waals surface area contributed by atoms with Gasteiger partial charge in [0, 0.05) is 14.2 Å². The fraction of sp³-hybridized carbons (Fsp3) is 1.00. The predicted molar refractivity (Wildman–Crippen MR) is 33.4 cm³/mol. The van der Waals surface area contributed by atoms with E-state index in [-0.39, 0.29) is 6.10 Å². The van der Waals surface area contributed by atoms with Gasteiger partial charge < -0.3 is 9.47 Å². The van der Waals surface area contributed by atoms with Crippen LogP contribution in [-0.2, 0) is 9.47 Å². The Balaban J connectivity index is 3.07. The zero-order valence-corrected chi connectivity index (χ0v) is 5.94. The van der Waals surface area contributed by atoms with Crippen molar-refractivity contribution in [2.45, 2.75) is 6.10 Å². The molecule has 1 unspecified atom stereocenters. The highest BCUT2D eigenvalue weighted by Gasteiger charge is 2.01. The van der Waals surface area contributed by atoms with E-state index in [1.807, 2.05) is 0 Å². The molecule has 1 atom stereocenters. The summed E-state index contributed by atoms with van der Waals surface area (Å²) in [5.74, 6) is 0.490. The van der Waals surface area contributed by atoms with Crippen LogP contribution in [0.2, 0.25) is 0 Å². The maximum absolute atomic E-state index is 5.44. The fourth-order valence-corrected chi connectivity index (χ4v) is 0.577. The van der Waals surface area contributed by atoms with Crippen LogP contribution in [0, 0.1) is 0 Å². The van der Waals surface area contributed by atoms with Crippen LogP contribution in [0.25, 0.3) is 0 Å². The standard InChI is InChI=1S/C5H11ClO2/c1-7-4-5(3-6)8-2/h5H,3-4H2,1-2H3. The van der Waals surface area contributed by atoms with Gasteiger partial charge in [-0.3, -0.25) is 0 Å². The molecule has 0 aromatic carbocycles. The van der Waals surface area contributed by atoms with Crippen LogP contribution in [0.15, 0.2) is 0 Å². The molecule has 0 rings (SSSR count). The molecule has 0 aliphatic carbocycles. The van der Waals surface area contributed by atoms with Gasteiger partial charge in [0.25, 0.3) is 0 Å². The second-order valence-corrected chi connectivity index (χ2v) is 1.78. The first-order valence-electron chi connectivity index (χ1n) is 2.42. The molecular formula is C5H11ClO2. The first-order chi connectivity index (χ1) is 3.85. The van der Waals surface area contributed by atoms with Crippen LogP contribution in [0.5, 0.6) is 0 Å². The summed E-state index contributed by atoms with van der Waals surface area (Å²) < 4.78 is 9.66. The van der Waals surface area contributed by atoms with Gasteiger partial charge in [0.2, 0.25) is 0 Å². The molecule has 0 radical (unpaired) electrons. The van der Waals surface area contributed by atoms with Crippen LogP contribution in [0.4, 0.5) is 0 Å². The summed E-state index contributed by atoms with van der Waals surface area (Å²) in [4.78, 5) is 0. The van der Waals surface area contributed by atoms with Gasteiger partial charge in [0.05, 0.1) is 18.6 Å². The summed E-state index contributed by atoms with van der Waals surface area (Å²) >= 11 is 5.44. The van der Waals surface area contributed by atoms with Crippen LogP contribution in [0.1, 0.15) is 0 Å². The highest BCUT2D eigenvalue weighted by atomic mass is 35.5. The molecule has 50 valence electrons. The predicted octanol–water partition coefficient (Wildman–Crippen LogP) is 0.887. The largest absolute Gasteiger partial charge is 0.382 e. The van der Waals surface area contributed by atoms with Crippen molar-refractivity contribution < 1.29 is 9.47 Å². The van der Waals surface area contributed by atoms with Crippen molar-refractivity contribution in [1.82, 2.24) is 0 Å². The third kappa shape index (κ3) is 3.24. The molecule has 0 spiro atoms. The lowest BCUT2D eigenvalue weighted by atomic mass is 10.4. The second-order valence-electron chi connectivity index (χ2n) is 1.47. The Hall–Kier alpha value is 0.210. The molecule has 0 heterocycles. The third-order valence-electron chi connectivity index (χ3n) is 0.858. The van der Waals surface area contributed by atoms with Gasteiger partial charge in [-0.15, -0.1) is 11.6 Å². The zero-order chi connectivity index (χ0) is 6.41. The van der Waals surface area contributed by atoms with Crippen molar-refractivity contribution in [2.24, 2.45) is 0 Å². The van der Waals surface area contributed by atoms with E-state index >= 15 is 0 Å². The lowest BCUT2D eigenvalue weighted by Crippen LogP contribution is -2.18. The second kappa shape index (κ2) is 5.35. The minimum atomic E-state index is 0.0432. The summed E-state index contributed by atoms with van der Waals surface area (Å²) in [7, 11) is 3.24. The SMILES string of the molecule is COCC(CCl)OC. The average Bonchev–Trinajstić information content (AvgIpc) is 1.83. The Kier molecular flexibility index (Phi) is 5.49. The van der Waals surface area contributed by atoms with E-state index in [0.717, 1.165) is 0 Å². The molecule has 0 N–H and O–H groups in total. The number of hydrogen-bond donors (Lipinski definition) is 0. The number of rotatable bonds is 4. The van der Waals surface area contributed by atoms with Gasteiger partial charge in [-0.2, -0.15) is 0 Å². The van der Waals surface area contributed by atoms with Crippen molar-refractivity contribution in [1.29, 1.82) is 0 Å². The topological polar surface area (TPSA) is 18.5 Å². The molecule has 0 saturated heterocycles. The minimum Gasteiger partial charge on any atom is -0.382 e. The Morgan fingerprint density at radius 3 is 2.25 bits per heavy atom. The number of methoxy groups -OCH3 is 2. The van der Waals surface area contributed by atoms with Crippen LogP contribution < -0.4 is 0 Å². The minimum absolute atomic E-state index is 0.0432. The Morgan fingerprint density at radius 2 is 2.12 bits per heavy atom. The monoisotopic (exact) mass is 138 g/mol. The van der Waals surface area contributed by atoms with Crippen molar-refractivity contribution in [3.8, 4) is 0 Å². The summed E-state index contributed by atoms with van der Waals surface area (Å²) in [5, 5.41) is 0. The van der Waals surface area contributed by atoms with Gasteiger partial charge in [-0.05, 0) is 0 Å². The summed E-state index contributed by atoms with van der Waals surface area (Å²) in [6, 6.07) is 0. The lowest BCUT2D eigenvalue weighted by Gasteiger charge is -2.08. The lowest BCUT2D eigenvalue weighted by molar-refractivity contribution is 0.0422. The van der Waals surface area contributed by atoms with Crippen LogP contribution >= 0.6 is 11.6 Å². The van der Waals surface area contributed by atoms with E-state index in [9.17, 15) is 0 Å². The first-order valence-corrected chi connectivity index (χ1v) is 2.96. The summed E-state index contributed by atoms with van der Waals surface area (Å²) in [6.45, 7) is 0.569. The summed E-state index contributed by atoms with van der Waals surface area (Å²) in [5.41, 5.74) is 0. The molecule has 0 fully saturated rings. The fourth-order valence-electron chi connectivity index (χ4n) is 0.361. The van der Waals surface area contributed by atoms with E-state index in [2.05, 4.69) is 0 Å². The van der Waals surface area contributed by atoms with Gasteiger partial charge in [0.15, 0.2) is 0 Å². The van der Waals surface area contributed by atoms with Crippen molar-refractivity contribution in [3.05, 3.63) is 0 Å². The number of halogens is 1. The zero-order valence-electron chi connectivity index (χ0n) is 5.19. The van der Waals surface area contributed by atoms with Crippen molar-refractivity contribution >= 4 is 11.6 Å². The van der Waals surface area contributed by atoms with E-state index in [1.54, 1.807) is 14.2 Å². The van der Waals surface area contributed by atoms with E-state index < -0.39 is 0 Å². The highest BCUT2D eigenvalue weighted by molar-refractivity contribution is 6.18. The Bertz CT molecular complexity index is 45.7. The molecule has 0 aliphatic rings. The smallest absolute Gasteiger partial charge is 0.0939 e. The molecule has 0 aromatic rings. The van der Waals surface area contributed by atoms with Gasteiger partial charge in [-0.1, -0.05) is 0 Å². The van der Waals surface area contributed by atoms with Crippen LogP contribution in [0.3, 0.4) is 0 Å². The maximum atomic E-state index is 5.44. The maximum Gasteiger partial charge on any atom is 0.0939 e. The molecule has 0 bridgehead atoms. The van der Waals surface area contributed by atoms with Gasteiger partial charge >= 0.3 is 0 Å². The van der Waals surface area contributed by atoms with Crippen molar-refractivity contribution in [3.63, 3.8) is 0 Å². The molecule has 2 nitrogen and oxygen atoms in total. The third-order valence-corrected chi connectivity index (χ3v) is 1.20. The Morgan fingerprint density at radius 1 is 1.50 bits per heavy atom. The Labute approximate surface area is 54.7 Å². The molecule has 8 heavy (non-hydrogen) atoms. The quantitative estimate of drug-likeness (QED) is 0.538. The summed E-state index contributed by atoms with van der Waals surface area (Å²) in [6.07, 6.45) is 0.0432. The molecule has 0 aliphatic heterocycles. The highest BCUT2D eigenvalue weighted by Crippen LogP contribution is 1.92. The molecule has 3 heteroatoms. The van der Waals surface area contributed by atoms with Gasteiger partial charge in [0.1, 0.15) is 0 Å². The van der Waals surface area contributed by atoms with Crippen LogP contribution in [-0.4, -0.2) is 32.8 Å². The number of ether oxygens (including phenoxy) is 2. The number of hydrogen-bond acceptors (Lipinski definition) is 2. The average molecular weight is 139 g/mol. The molecular weight excluding hydrogens is 128 g/mol.